The molecule has 0 spiro atoms. The van der Waals surface area contributed by atoms with Crippen molar-refractivity contribution in [1.29, 1.82) is 0 Å². The lowest BCUT2D eigenvalue weighted by Crippen LogP contribution is -2.41. The number of anilines is 4. The average Bonchev–Trinajstić information content (AvgIpc) is 1.64. The summed E-state index contributed by atoms with van der Waals surface area (Å²) in [6.07, 6.45) is 12.6. The van der Waals surface area contributed by atoms with E-state index in [4.69, 9.17) is 80.2 Å². The van der Waals surface area contributed by atoms with Gasteiger partial charge in [0, 0.05) is 134 Å². The van der Waals surface area contributed by atoms with Gasteiger partial charge in [0.2, 0.25) is 0 Å². The summed E-state index contributed by atoms with van der Waals surface area (Å²) in [6, 6.07) is 38.3. The number of hydrogen-bond donors (Lipinski definition) is 0. The Morgan fingerprint density at radius 2 is 0.601 bits per heavy atom. The molecule has 4 fully saturated rings. The van der Waals surface area contributed by atoms with Crippen LogP contribution in [0.15, 0.2) is 185 Å². The number of thioether (sulfide) groups is 1. The first-order valence-electron chi connectivity index (χ1n) is 46.1. The largest absolute Gasteiger partial charge is 0.496 e. The molecule has 4 saturated heterocycles. The van der Waals surface area contributed by atoms with E-state index in [1.807, 2.05) is 191 Å². The molecule has 0 bridgehead atoms. The number of thiazole rings is 4. The summed E-state index contributed by atoms with van der Waals surface area (Å²) in [7, 11) is 6.53. The molecule has 0 aliphatic carbocycles. The molecule has 0 radical (unpaired) electrons. The summed E-state index contributed by atoms with van der Waals surface area (Å²) >= 11 is 8.66. The number of morpholine rings is 1. The quantitative estimate of drug-likeness (QED) is 0.0542. The predicted octanol–water partition coefficient (Wildman–Crippen LogP) is 23.8. The fourth-order valence-electron chi connectivity index (χ4n) is 17.0. The van der Waals surface area contributed by atoms with Crippen LogP contribution in [-0.2, 0) is 31.2 Å². The van der Waals surface area contributed by atoms with Crippen molar-refractivity contribution in [2.75, 3.05) is 119 Å². The van der Waals surface area contributed by atoms with Gasteiger partial charge in [-0.25, -0.2) is 57.9 Å². The van der Waals surface area contributed by atoms with Gasteiger partial charge in [0.25, 0.3) is 0 Å². The third-order valence-electron chi connectivity index (χ3n) is 24.6. The Labute approximate surface area is 848 Å². The van der Waals surface area contributed by atoms with Gasteiger partial charge in [-0.05, 0) is 145 Å². The Hall–Kier alpha value is -14.1. The lowest BCUT2D eigenvalue weighted by molar-refractivity contribution is 0.0532. The molecule has 20 heterocycles. The maximum absolute atomic E-state index is 6.24. The molecule has 4 aliphatic rings. The summed E-state index contributed by atoms with van der Waals surface area (Å²) in [6.45, 7) is 24.8. The number of aryl methyl sites for hydroxylation is 4. The first-order chi connectivity index (χ1) is 67.8. The van der Waals surface area contributed by atoms with Gasteiger partial charge in [-0.15, -0.1) is 45.3 Å². The highest BCUT2D eigenvalue weighted by molar-refractivity contribution is 7.99. The van der Waals surface area contributed by atoms with Crippen molar-refractivity contribution < 1.29 is 60.3 Å². The SMILES string of the molecule is C.C.C.C.COc1cc(OCc2csc(N3CCC(C)CC3)n2)c2cc(-c3cn4nc(C)ccc4n3)oc2c1.COc1cc(OCc2csc(N3CCC(C)CC3)n2)c2cc(-c3cn4nc(C)ccc4n3)oc2c1.COc1cc(OCc2csc(N3CCOC(C)C3)n2)c2cc(-c3cn4nc(C)ccc4n3)oc2c1.COc1cc(OCc2csc(N3CCSCC3)n2)c2cc(-c3cn4nc(C)ccc4n3)oc2c1. The van der Waals surface area contributed by atoms with E-state index in [9.17, 15) is 0 Å². The number of imidazole rings is 4. The molecule has 38 heteroatoms. The Kier molecular flexibility index (Phi) is 31.1. The van der Waals surface area contributed by atoms with Crippen LogP contribution >= 0.6 is 57.1 Å². The van der Waals surface area contributed by atoms with Gasteiger partial charge in [0.1, 0.15) is 118 Å². The van der Waals surface area contributed by atoms with Crippen molar-refractivity contribution in [1.82, 2.24) is 78.3 Å². The number of rotatable bonds is 24. The van der Waals surface area contributed by atoms with E-state index in [0.29, 0.717) is 141 Å². The molecule has 16 aromatic heterocycles. The standard InChI is InChI=1S/2C26H27N5O3S.C25H25N5O4S.C24H23N5O3S2.4CH4/c2*1-16-6-8-30(9-7-16)26-27-18(15-35-26)14-33-22-10-19(32-3)11-23-20(22)12-24(34-23)21-13-31-25(28-21)5-4-17(2)29-31;1-15-4-5-24-27-20(12-30(24)28-15)23-10-19-21(8-18(31-3)9-22(19)34-23)33-13-17-14-35-25(26-17)29-6-7-32-16(2)11-29;1-15-3-4-23-26-19(12-29(23)27-15)22-11-18-20(9-17(30-2)10-21(18)32-22)31-13-16-14-34-24(25-16)28-5-7-33-8-6-28;;;;/h2*4-5,10-13,15-16H,6-9,14H2,1-3H3;4-5,8-10,12,14,16H,6-7,11,13H2,1-3H3;3-4,9-12,14H,5-8,13H2,1-2H3;4*1H4. The van der Waals surface area contributed by atoms with Crippen LogP contribution in [0, 0.1) is 39.5 Å². The van der Waals surface area contributed by atoms with Crippen LogP contribution in [0.4, 0.5) is 20.5 Å². The molecule has 24 rings (SSSR count). The fourth-order valence-corrected chi connectivity index (χ4v) is 21.3. The summed E-state index contributed by atoms with van der Waals surface area (Å²) in [4.78, 5) is 47.2. The van der Waals surface area contributed by atoms with Crippen LogP contribution in [0.5, 0.6) is 46.0 Å². The molecular formula is C105H118N20O13S5. The van der Waals surface area contributed by atoms with Crippen molar-refractivity contribution in [2.45, 2.75) is 136 Å². The summed E-state index contributed by atoms with van der Waals surface area (Å²) in [5, 5.41) is 33.8. The smallest absolute Gasteiger partial charge is 0.185 e. The second-order valence-corrected chi connectivity index (χ2v) is 39.5. The second kappa shape index (κ2) is 44.2. The van der Waals surface area contributed by atoms with Crippen LogP contribution in [0.2, 0.25) is 0 Å². The highest BCUT2D eigenvalue weighted by Gasteiger charge is 2.28. The van der Waals surface area contributed by atoms with Gasteiger partial charge >= 0.3 is 0 Å². The van der Waals surface area contributed by atoms with E-state index in [0.717, 1.165) is 193 Å². The van der Waals surface area contributed by atoms with Crippen molar-refractivity contribution in [3.63, 3.8) is 0 Å². The molecule has 20 aromatic rings. The molecule has 1 unspecified atom stereocenters. The van der Waals surface area contributed by atoms with Gasteiger partial charge in [-0.1, -0.05) is 43.6 Å². The van der Waals surface area contributed by atoms with Crippen LogP contribution in [-0.4, -0.2) is 183 Å². The predicted molar refractivity (Wildman–Crippen MR) is 569 cm³/mol. The Bertz CT molecular complexity index is 7540. The Morgan fingerprint density at radius 3 is 0.874 bits per heavy atom. The van der Waals surface area contributed by atoms with E-state index < -0.39 is 0 Å². The number of aromatic nitrogens is 16. The molecule has 143 heavy (non-hydrogen) atoms. The number of nitrogens with zero attached hydrogens (tertiary/aromatic N) is 20. The van der Waals surface area contributed by atoms with Crippen LogP contribution in [0.25, 0.3) is 112 Å². The molecule has 4 aliphatic heterocycles. The van der Waals surface area contributed by atoms with E-state index in [2.05, 4.69) is 96.8 Å². The minimum absolute atomic E-state index is 0. The number of furan rings is 4. The van der Waals surface area contributed by atoms with E-state index in [-0.39, 0.29) is 35.8 Å². The maximum atomic E-state index is 6.24. The van der Waals surface area contributed by atoms with Crippen molar-refractivity contribution in [3.8, 4) is 91.8 Å². The molecule has 1 atom stereocenters. The maximum Gasteiger partial charge on any atom is 0.185 e. The topological polar surface area (TPSA) is 321 Å². The van der Waals surface area contributed by atoms with E-state index in [1.54, 1.807) is 91.8 Å². The zero-order chi connectivity index (χ0) is 94.9. The molecule has 0 N–H and O–H groups in total. The highest BCUT2D eigenvalue weighted by Crippen LogP contribution is 2.44. The van der Waals surface area contributed by atoms with E-state index in [1.165, 1.54) is 25.7 Å². The van der Waals surface area contributed by atoms with Crippen LogP contribution in [0.1, 0.15) is 122 Å². The molecule has 0 amide bonds. The van der Waals surface area contributed by atoms with Gasteiger partial charge in [0.15, 0.2) is 66.2 Å². The van der Waals surface area contributed by atoms with Gasteiger partial charge in [-0.3, -0.25) is 0 Å². The minimum atomic E-state index is 0. The van der Waals surface area contributed by atoms with Gasteiger partial charge in [0.05, 0.1) is 133 Å². The zero-order valence-corrected chi connectivity index (χ0v) is 82.7. The fraction of sp³-hybridized carbons (Fsp3) is 0.352. The van der Waals surface area contributed by atoms with Crippen LogP contribution < -0.4 is 57.5 Å². The van der Waals surface area contributed by atoms with E-state index >= 15 is 0 Å². The number of methoxy groups -OCH3 is 4. The molecule has 33 nitrogen and oxygen atoms in total. The zero-order valence-electron chi connectivity index (χ0n) is 78.6. The van der Waals surface area contributed by atoms with Gasteiger partial charge < -0.3 is 79.9 Å². The summed E-state index contributed by atoms with van der Waals surface area (Å²) in [5.41, 5.74) is 15.9. The van der Waals surface area contributed by atoms with Crippen LogP contribution in [0.3, 0.4) is 0 Å². The third-order valence-corrected chi connectivity index (χ3v) is 29.4. The lowest BCUT2D eigenvalue weighted by atomic mass is 10.00. The monoisotopic (exact) mass is 2030 g/mol. The Balaban J connectivity index is 0.000000130. The Morgan fingerprint density at radius 1 is 0.329 bits per heavy atom. The lowest BCUT2D eigenvalue weighted by Gasteiger charge is -2.30. The second-order valence-electron chi connectivity index (χ2n) is 34.9. The number of benzene rings is 4. The molecule has 746 valence electrons. The normalized spacial score (nSPS) is 14.6. The first-order valence-corrected chi connectivity index (χ1v) is 50.8. The average molecular weight is 2030 g/mol. The molecular weight excluding hydrogens is 1910 g/mol. The number of fused-ring (bicyclic) bond motifs is 8. The van der Waals surface area contributed by atoms with Crippen molar-refractivity contribution in [2.24, 2.45) is 11.8 Å². The molecule has 0 saturated carbocycles. The number of ether oxygens (including phenoxy) is 9. The first kappa shape index (κ1) is 100. The summed E-state index contributed by atoms with van der Waals surface area (Å²) in [5.74, 6) is 11.9. The van der Waals surface area contributed by atoms with Crippen molar-refractivity contribution >= 4 is 144 Å². The van der Waals surface area contributed by atoms with Crippen molar-refractivity contribution in [3.05, 3.63) is 213 Å². The third kappa shape index (κ3) is 22.6. The summed E-state index contributed by atoms with van der Waals surface area (Å²) < 4.78 is 84.1. The number of piperidine rings is 2. The minimum Gasteiger partial charge on any atom is -0.496 e. The van der Waals surface area contributed by atoms with Gasteiger partial charge in [-0.2, -0.15) is 32.2 Å². The highest BCUT2D eigenvalue weighted by atomic mass is 32.2. The number of hydrogen-bond acceptors (Lipinski definition) is 34. The molecule has 4 aromatic carbocycles.